The van der Waals surface area contributed by atoms with Crippen LogP contribution in [0.25, 0.3) is 0 Å². The minimum absolute atomic E-state index is 0.418. The Labute approximate surface area is 93.6 Å². The zero-order valence-electron chi connectivity index (χ0n) is 10.0. The third kappa shape index (κ3) is 2.62. The standard InChI is InChI=1S/C14H24O/c1-11(12-7-3-2-4-8-12)13-9-5-6-10-14(13)15/h11-13H,2-10H2,1H3. The number of ketones is 1. The van der Waals surface area contributed by atoms with Crippen LogP contribution in [0.3, 0.4) is 0 Å². The number of Topliss-reactive ketones (excluding diaryl/α,β-unsaturated/α-hetero) is 1. The summed E-state index contributed by atoms with van der Waals surface area (Å²) in [5.74, 6) is 2.50. The quantitative estimate of drug-likeness (QED) is 0.671. The van der Waals surface area contributed by atoms with Gasteiger partial charge in [0.05, 0.1) is 0 Å². The van der Waals surface area contributed by atoms with Crippen LogP contribution in [0, 0.1) is 17.8 Å². The van der Waals surface area contributed by atoms with E-state index in [9.17, 15) is 4.79 Å². The van der Waals surface area contributed by atoms with Crippen molar-refractivity contribution in [2.45, 2.75) is 64.7 Å². The highest BCUT2D eigenvalue weighted by Crippen LogP contribution is 2.38. The minimum atomic E-state index is 0.418. The summed E-state index contributed by atoms with van der Waals surface area (Å²) < 4.78 is 0. The van der Waals surface area contributed by atoms with Crippen molar-refractivity contribution in [3.63, 3.8) is 0 Å². The normalized spacial score (nSPS) is 31.5. The predicted octanol–water partition coefficient (Wildman–Crippen LogP) is 3.96. The summed E-state index contributed by atoms with van der Waals surface area (Å²) in [6.07, 6.45) is 11.4. The molecule has 2 rings (SSSR count). The van der Waals surface area contributed by atoms with Gasteiger partial charge in [-0.1, -0.05) is 45.4 Å². The van der Waals surface area contributed by atoms with Gasteiger partial charge in [-0.3, -0.25) is 4.79 Å². The molecule has 1 heteroatoms. The molecule has 1 nitrogen and oxygen atoms in total. The second-order valence-electron chi connectivity index (χ2n) is 5.58. The van der Waals surface area contributed by atoms with Crippen molar-refractivity contribution in [3.8, 4) is 0 Å². The smallest absolute Gasteiger partial charge is 0.136 e. The average Bonchev–Trinajstić information content (AvgIpc) is 2.30. The summed E-state index contributed by atoms with van der Waals surface area (Å²) in [5, 5.41) is 0. The molecule has 0 radical (unpaired) electrons. The highest BCUT2D eigenvalue weighted by atomic mass is 16.1. The molecule has 0 aromatic rings. The van der Waals surface area contributed by atoms with Crippen molar-refractivity contribution < 1.29 is 4.79 Å². The highest BCUT2D eigenvalue weighted by molar-refractivity contribution is 5.81. The summed E-state index contributed by atoms with van der Waals surface area (Å²) in [6, 6.07) is 0. The molecule has 2 aliphatic rings. The van der Waals surface area contributed by atoms with E-state index in [2.05, 4.69) is 6.92 Å². The highest BCUT2D eigenvalue weighted by Gasteiger charge is 2.32. The summed E-state index contributed by atoms with van der Waals surface area (Å²) in [7, 11) is 0. The largest absolute Gasteiger partial charge is 0.299 e. The van der Waals surface area contributed by atoms with Gasteiger partial charge in [0, 0.05) is 12.3 Å². The zero-order chi connectivity index (χ0) is 10.7. The monoisotopic (exact) mass is 208 g/mol. The molecule has 0 amide bonds. The maximum Gasteiger partial charge on any atom is 0.136 e. The Morgan fingerprint density at radius 1 is 1.00 bits per heavy atom. The van der Waals surface area contributed by atoms with E-state index in [1.165, 1.54) is 44.9 Å². The molecule has 2 unspecified atom stereocenters. The van der Waals surface area contributed by atoms with Gasteiger partial charge >= 0.3 is 0 Å². The number of carbonyl (C=O) groups excluding carboxylic acids is 1. The number of hydrogen-bond donors (Lipinski definition) is 0. The lowest BCUT2D eigenvalue weighted by molar-refractivity contribution is -0.127. The maximum absolute atomic E-state index is 11.9. The van der Waals surface area contributed by atoms with E-state index in [-0.39, 0.29) is 0 Å². The Morgan fingerprint density at radius 2 is 1.67 bits per heavy atom. The van der Waals surface area contributed by atoms with Gasteiger partial charge in [0.1, 0.15) is 5.78 Å². The summed E-state index contributed by atoms with van der Waals surface area (Å²) in [4.78, 5) is 11.9. The van der Waals surface area contributed by atoms with Crippen LogP contribution in [0.4, 0.5) is 0 Å². The molecule has 2 atom stereocenters. The summed E-state index contributed by atoms with van der Waals surface area (Å²) in [5.41, 5.74) is 0. The third-order valence-electron chi connectivity index (χ3n) is 4.63. The molecule has 0 N–H and O–H groups in total. The molecule has 2 fully saturated rings. The van der Waals surface area contributed by atoms with Crippen LogP contribution in [0.2, 0.25) is 0 Å². The Morgan fingerprint density at radius 3 is 2.33 bits per heavy atom. The van der Waals surface area contributed by atoms with Gasteiger partial charge in [-0.25, -0.2) is 0 Å². The second-order valence-corrected chi connectivity index (χ2v) is 5.58. The van der Waals surface area contributed by atoms with Crippen LogP contribution in [0.5, 0.6) is 0 Å². The number of hydrogen-bond acceptors (Lipinski definition) is 1. The average molecular weight is 208 g/mol. The SMILES string of the molecule is CC(C1CCCCC1)C1CCCCC1=O. The van der Waals surface area contributed by atoms with E-state index in [0.717, 1.165) is 18.8 Å². The summed E-state index contributed by atoms with van der Waals surface area (Å²) in [6.45, 7) is 2.34. The van der Waals surface area contributed by atoms with Crippen molar-refractivity contribution >= 4 is 5.78 Å². The number of rotatable bonds is 2. The first-order valence-corrected chi connectivity index (χ1v) is 6.82. The molecule has 0 heterocycles. The van der Waals surface area contributed by atoms with Crippen LogP contribution >= 0.6 is 0 Å². The van der Waals surface area contributed by atoms with Gasteiger partial charge in [-0.2, -0.15) is 0 Å². The molecular formula is C14H24O. The molecule has 86 valence electrons. The first kappa shape index (κ1) is 11.2. The lowest BCUT2D eigenvalue weighted by Gasteiger charge is -2.34. The molecule has 15 heavy (non-hydrogen) atoms. The first-order valence-electron chi connectivity index (χ1n) is 6.82. The van der Waals surface area contributed by atoms with E-state index in [1.54, 1.807) is 0 Å². The van der Waals surface area contributed by atoms with Gasteiger partial charge in [-0.05, 0) is 24.7 Å². The van der Waals surface area contributed by atoms with Crippen molar-refractivity contribution in [1.29, 1.82) is 0 Å². The van der Waals surface area contributed by atoms with Crippen LogP contribution in [-0.4, -0.2) is 5.78 Å². The van der Waals surface area contributed by atoms with E-state index in [4.69, 9.17) is 0 Å². The van der Waals surface area contributed by atoms with Crippen LogP contribution in [0.15, 0.2) is 0 Å². The number of carbonyl (C=O) groups is 1. The minimum Gasteiger partial charge on any atom is -0.299 e. The fourth-order valence-corrected chi connectivity index (χ4v) is 3.55. The van der Waals surface area contributed by atoms with Gasteiger partial charge in [0.2, 0.25) is 0 Å². The molecule has 2 aliphatic carbocycles. The van der Waals surface area contributed by atoms with E-state index in [0.29, 0.717) is 17.6 Å². The zero-order valence-corrected chi connectivity index (χ0v) is 10.0. The Hall–Kier alpha value is -0.330. The van der Waals surface area contributed by atoms with E-state index < -0.39 is 0 Å². The Bertz CT molecular complexity index is 215. The van der Waals surface area contributed by atoms with Gasteiger partial charge in [-0.15, -0.1) is 0 Å². The van der Waals surface area contributed by atoms with Crippen molar-refractivity contribution in [3.05, 3.63) is 0 Å². The maximum atomic E-state index is 11.9. The fourth-order valence-electron chi connectivity index (χ4n) is 3.55. The second kappa shape index (κ2) is 5.14. The molecule has 0 bridgehead atoms. The fraction of sp³-hybridized carbons (Fsp3) is 0.929. The van der Waals surface area contributed by atoms with Gasteiger partial charge in [0.15, 0.2) is 0 Å². The van der Waals surface area contributed by atoms with E-state index in [1.807, 2.05) is 0 Å². The molecule has 2 saturated carbocycles. The predicted molar refractivity (Wildman–Crippen MR) is 62.7 cm³/mol. The Balaban J connectivity index is 1.92. The lowest BCUT2D eigenvalue weighted by Crippen LogP contribution is -2.31. The summed E-state index contributed by atoms with van der Waals surface area (Å²) >= 11 is 0. The van der Waals surface area contributed by atoms with Crippen LogP contribution < -0.4 is 0 Å². The molecule has 0 aromatic carbocycles. The van der Waals surface area contributed by atoms with Crippen molar-refractivity contribution in [2.75, 3.05) is 0 Å². The molecule has 0 aliphatic heterocycles. The lowest BCUT2D eigenvalue weighted by atomic mass is 9.70. The van der Waals surface area contributed by atoms with Gasteiger partial charge in [0.25, 0.3) is 0 Å². The Kier molecular flexibility index (Phi) is 3.82. The van der Waals surface area contributed by atoms with E-state index >= 15 is 0 Å². The first-order chi connectivity index (χ1) is 7.29. The van der Waals surface area contributed by atoms with Crippen molar-refractivity contribution in [2.24, 2.45) is 17.8 Å². The van der Waals surface area contributed by atoms with Gasteiger partial charge < -0.3 is 0 Å². The van der Waals surface area contributed by atoms with Crippen LogP contribution in [0.1, 0.15) is 64.7 Å². The topological polar surface area (TPSA) is 17.1 Å². The van der Waals surface area contributed by atoms with Crippen LogP contribution in [-0.2, 0) is 4.79 Å². The van der Waals surface area contributed by atoms with Crippen molar-refractivity contribution in [1.82, 2.24) is 0 Å². The molecule has 0 spiro atoms. The molecular weight excluding hydrogens is 184 g/mol. The molecule has 0 aromatic heterocycles. The molecule has 0 saturated heterocycles. The third-order valence-corrected chi connectivity index (χ3v) is 4.63.